The van der Waals surface area contributed by atoms with Crippen molar-refractivity contribution < 1.29 is 0 Å². The fourth-order valence-electron chi connectivity index (χ4n) is 3.83. The number of thiophene rings is 1. The van der Waals surface area contributed by atoms with Crippen molar-refractivity contribution in [2.45, 2.75) is 20.0 Å². The molecule has 0 amide bonds. The van der Waals surface area contributed by atoms with E-state index in [1.807, 2.05) is 42.7 Å². The summed E-state index contributed by atoms with van der Waals surface area (Å²) in [5, 5.41) is 19.7. The Hall–Kier alpha value is -4.05. The summed E-state index contributed by atoms with van der Waals surface area (Å²) in [5.74, 6) is 0. The average molecular weight is 462 g/mol. The Bertz CT molecular complexity index is 1470. The number of nitriles is 1. The zero-order chi connectivity index (χ0) is 23.3. The van der Waals surface area contributed by atoms with Crippen molar-refractivity contribution in [3.8, 4) is 17.2 Å². The van der Waals surface area contributed by atoms with Gasteiger partial charge in [-0.2, -0.15) is 5.26 Å². The molecule has 2 aromatic carbocycles. The molecular formula is C28H23N5S. The molecule has 2 N–H and O–H groups in total. The van der Waals surface area contributed by atoms with E-state index < -0.39 is 0 Å². The number of aromatic nitrogens is 2. The lowest BCUT2D eigenvalue weighted by Crippen LogP contribution is -2.11. The van der Waals surface area contributed by atoms with Crippen molar-refractivity contribution in [2.24, 2.45) is 0 Å². The highest BCUT2D eigenvalue weighted by Gasteiger charge is 2.11. The van der Waals surface area contributed by atoms with Gasteiger partial charge >= 0.3 is 0 Å². The van der Waals surface area contributed by atoms with E-state index in [9.17, 15) is 5.26 Å². The molecule has 0 aliphatic rings. The molecule has 0 bridgehead atoms. The maximum absolute atomic E-state index is 9.64. The number of nitrogens with one attached hydrogen (secondary N) is 2. The Balaban J connectivity index is 1.37. The molecule has 5 aromatic rings. The van der Waals surface area contributed by atoms with Gasteiger partial charge in [0.15, 0.2) is 0 Å². The number of hydrogen-bond acceptors (Lipinski definition) is 6. The third-order valence-corrected chi connectivity index (χ3v) is 6.61. The number of aryl methyl sites for hydroxylation is 1. The van der Waals surface area contributed by atoms with E-state index >= 15 is 0 Å². The maximum Gasteiger partial charge on any atom is 0.103 e. The van der Waals surface area contributed by atoms with E-state index in [1.54, 1.807) is 17.5 Å². The Labute approximate surface area is 202 Å². The van der Waals surface area contributed by atoms with Crippen LogP contribution in [0.25, 0.3) is 22.0 Å². The van der Waals surface area contributed by atoms with E-state index in [2.05, 4.69) is 69.3 Å². The number of hydrogen-bond donors (Lipinski definition) is 2. The van der Waals surface area contributed by atoms with Crippen LogP contribution in [0.1, 0.15) is 21.6 Å². The second kappa shape index (κ2) is 9.84. The first-order valence-corrected chi connectivity index (χ1v) is 11.9. The molecule has 0 radical (unpaired) electrons. The molecule has 0 aliphatic carbocycles. The van der Waals surface area contributed by atoms with Gasteiger partial charge in [0.05, 0.1) is 16.8 Å². The monoisotopic (exact) mass is 461 g/mol. The summed E-state index contributed by atoms with van der Waals surface area (Å²) in [4.78, 5) is 9.90. The van der Waals surface area contributed by atoms with E-state index in [4.69, 9.17) is 0 Å². The van der Waals surface area contributed by atoms with Gasteiger partial charge in [-0.05, 0) is 65.4 Å². The van der Waals surface area contributed by atoms with Crippen molar-refractivity contribution in [1.29, 1.82) is 5.26 Å². The van der Waals surface area contributed by atoms with Crippen LogP contribution in [-0.4, -0.2) is 9.97 Å². The second-order valence-corrected chi connectivity index (χ2v) is 9.14. The third-order valence-electron chi connectivity index (χ3n) is 5.68. The molecule has 0 fully saturated rings. The highest BCUT2D eigenvalue weighted by Crippen LogP contribution is 2.33. The zero-order valence-corrected chi connectivity index (χ0v) is 19.6. The Kier molecular flexibility index (Phi) is 6.30. The van der Waals surface area contributed by atoms with Crippen molar-refractivity contribution >= 4 is 33.6 Å². The lowest BCUT2D eigenvalue weighted by molar-refractivity contribution is 0.700. The first-order chi connectivity index (χ1) is 16.7. The van der Waals surface area contributed by atoms with Crippen molar-refractivity contribution in [3.63, 3.8) is 0 Å². The summed E-state index contributed by atoms with van der Waals surface area (Å²) in [7, 11) is 0. The van der Waals surface area contributed by atoms with Crippen LogP contribution in [0.5, 0.6) is 0 Å². The summed E-state index contributed by atoms with van der Waals surface area (Å²) < 4.78 is 0. The number of anilines is 2. The highest BCUT2D eigenvalue weighted by atomic mass is 32.1. The molecule has 3 aromatic heterocycles. The van der Waals surface area contributed by atoms with Crippen LogP contribution in [0.2, 0.25) is 0 Å². The molecule has 5 rings (SSSR count). The van der Waals surface area contributed by atoms with Crippen LogP contribution in [0.4, 0.5) is 11.4 Å². The fraction of sp³-hybridized carbons (Fsp3) is 0.107. The molecule has 0 saturated carbocycles. The maximum atomic E-state index is 9.64. The summed E-state index contributed by atoms with van der Waals surface area (Å²) in [5.41, 5.74) is 7.81. The van der Waals surface area contributed by atoms with Gasteiger partial charge in [0.25, 0.3) is 0 Å². The molecule has 0 atom stereocenters. The Morgan fingerprint density at radius 2 is 1.76 bits per heavy atom. The number of nitrogens with zero attached hydrogens (tertiary/aromatic N) is 3. The summed E-state index contributed by atoms with van der Waals surface area (Å²) in [6.07, 6.45) is 5.27. The molecular weight excluding hydrogens is 438 g/mol. The number of fused-ring (bicyclic) bond motifs is 1. The third kappa shape index (κ3) is 4.81. The Morgan fingerprint density at radius 1 is 0.941 bits per heavy atom. The van der Waals surface area contributed by atoms with Crippen molar-refractivity contribution in [3.05, 3.63) is 106 Å². The lowest BCUT2D eigenvalue weighted by atomic mass is 10.0. The first-order valence-electron chi connectivity index (χ1n) is 11.0. The predicted octanol–water partition coefficient (Wildman–Crippen LogP) is 6.57. The van der Waals surface area contributed by atoms with Crippen LogP contribution in [0.3, 0.4) is 0 Å². The van der Waals surface area contributed by atoms with E-state index in [1.165, 1.54) is 21.6 Å². The van der Waals surface area contributed by atoms with Crippen LogP contribution in [-0.2, 0) is 13.1 Å². The highest BCUT2D eigenvalue weighted by molar-refractivity contribution is 7.10. The SMILES string of the molecule is Cc1ccc(Nc2c(C#N)cnc3cc(-c4csc(CNCc5ccncc5)c4)ccc23)cc1. The smallest absolute Gasteiger partial charge is 0.103 e. The molecule has 3 heterocycles. The van der Waals surface area contributed by atoms with Gasteiger partial charge in [0, 0.05) is 47.6 Å². The molecule has 5 nitrogen and oxygen atoms in total. The van der Waals surface area contributed by atoms with Crippen molar-refractivity contribution in [1.82, 2.24) is 15.3 Å². The predicted molar refractivity (Wildman–Crippen MR) is 139 cm³/mol. The largest absolute Gasteiger partial charge is 0.354 e. The minimum atomic E-state index is 0.527. The van der Waals surface area contributed by atoms with E-state index in [0.29, 0.717) is 5.56 Å². The summed E-state index contributed by atoms with van der Waals surface area (Å²) in [6, 6.07) is 22.9. The zero-order valence-electron chi connectivity index (χ0n) is 18.7. The number of rotatable bonds is 7. The molecule has 0 saturated heterocycles. The lowest BCUT2D eigenvalue weighted by Gasteiger charge is -2.12. The summed E-state index contributed by atoms with van der Waals surface area (Å²) in [6.45, 7) is 3.68. The quantitative estimate of drug-likeness (QED) is 0.287. The minimum absolute atomic E-state index is 0.527. The average Bonchev–Trinajstić information content (AvgIpc) is 3.35. The van der Waals surface area contributed by atoms with Gasteiger partial charge in [-0.3, -0.25) is 9.97 Å². The number of benzene rings is 2. The van der Waals surface area contributed by atoms with Gasteiger partial charge in [-0.1, -0.05) is 29.8 Å². The van der Waals surface area contributed by atoms with Gasteiger partial charge < -0.3 is 10.6 Å². The van der Waals surface area contributed by atoms with Crippen LogP contribution in [0, 0.1) is 18.3 Å². The fourth-order valence-corrected chi connectivity index (χ4v) is 4.69. The molecule has 166 valence electrons. The van der Waals surface area contributed by atoms with Crippen LogP contribution >= 0.6 is 11.3 Å². The first kappa shape index (κ1) is 21.8. The topological polar surface area (TPSA) is 73.6 Å². The number of pyridine rings is 2. The molecule has 6 heteroatoms. The van der Waals surface area contributed by atoms with E-state index in [-0.39, 0.29) is 0 Å². The summed E-state index contributed by atoms with van der Waals surface area (Å²) >= 11 is 1.75. The normalized spacial score (nSPS) is 10.8. The van der Waals surface area contributed by atoms with Gasteiger partial charge in [-0.25, -0.2) is 0 Å². The van der Waals surface area contributed by atoms with Gasteiger partial charge in [-0.15, -0.1) is 11.3 Å². The molecule has 0 unspecified atom stereocenters. The van der Waals surface area contributed by atoms with Crippen LogP contribution < -0.4 is 10.6 Å². The van der Waals surface area contributed by atoms with Gasteiger partial charge in [0.2, 0.25) is 0 Å². The Morgan fingerprint density at radius 3 is 2.56 bits per heavy atom. The van der Waals surface area contributed by atoms with Crippen molar-refractivity contribution in [2.75, 3.05) is 5.32 Å². The second-order valence-electron chi connectivity index (χ2n) is 8.14. The molecule has 0 aliphatic heterocycles. The standard InChI is InChI=1S/C28H23N5S/c1-19-2-5-24(6-3-19)33-28-23(14-29)16-32-27-13-21(4-7-26(27)28)22-12-25(34-18-22)17-31-15-20-8-10-30-11-9-20/h2-13,16,18,31H,15,17H2,1H3,(H,32,33). The van der Waals surface area contributed by atoms with Gasteiger partial charge in [0.1, 0.15) is 6.07 Å². The molecule has 34 heavy (non-hydrogen) atoms. The van der Waals surface area contributed by atoms with E-state index in [0.717, 1.165) is 40.9 Å². The minimum Gasteiger partial charge on any atom is -0.354 e. The van der Waals surface area contributed by atoms with Crippen LogP contribution in [0.15, 0.2) is 84.6 Å². The molecule has 0 spiro atoms.